The molecule has 0 aliphatic heterocycles. The Morgan fingerprint density at radius 1 is 1.18 bits per heavy atom. The first-order valence-electron chi connectivity index (χ1n) is 7.22. The van der Waals surface area contributed by atoms with Crippen LogP contribution in [-0.2, 0) is 6.54 Å². The summed E-state index contributed by atoms with van der Waals surface area (Å²) in [5, 5.41) is 0.511. The van der Waals surface area contributed by atoms with E-state index < -0.39 is 0 Å². The van der Waals surface area contributed by atoms with Crippen molar-refractivity contribution in [2.45, 2.75) is 30.5 Å². The Kier molecular flexibility index (Phi) is 5.61. The van der Waals surface area contributed by atoms with Crippen molar-refractivity contribution < 1.29 is 9.18 Å². The molecule has 0 atom stereocenters. The molecule has 2 aromatic carbocycles. The first-order valence-corrected chi connectivity index (χ1v) is 8.10. The van der Waals surface area contributed by atoms with Crippen LogP contribution in [0.25, 0.3) is 0 Å². The van der Waals surface area contributed by atoms with Gasteiger partial charge >= 0.3 is 0 Å². The zero-order valence-corrected chi connectivity index (χ0v) is 13.9. The Balaban J connectivity index is 2.04. The highest BCUT2D eigenvalue weighted by Gasteiger charge is 2.12. The number of hydrogen-bond donors (Lipinski definition) is 0. The fourth-order valence-electron chi connectivity index (χ4n) is 2.15. The molecule has 0 radical (unpaired) electrons. The average Bonchev–Trinajstić information content (AvgIpc) is 2.46. The molecular formula is C18H20FNOS. The van der Waals surface area contributed by atoms with Crippen LogP contribution in [0.15, 0.2) is 53.4 Å². The van der Waals surface area contributed by atoms with Crippen LogP contribution in [0.5, 0.6) is 0 Å². The first kappa shape index (κ1) is 16.6. The molecule has 0 fully saturated rings. The topological polar surface area (TPSA) is 20.3 Å². The number of hydrogen-bond acceptors (Lipinski definition) is 2. The molecule has 4 heteroatoms. The molecule has 2 aromatic rings. The molecule has 0 aromatic heterocycles. The zero-order valence-electron chi connectivity index (χ0n) is 13.0. The minimum atomic E-state index is -0.284. The van der Waals surface area contributed by atoms with Crippen molar-refractivity contribution in [1.29, 1.82) is 0 Å². The van der Waals surface area contributed by atoms with E-state index in [9.17, 15) is 9.18 Å². The Bertz CT molecular complexity index is 640. The van der Waals surface area contributed by atoms with E-state index in [4.69, 9.17) is 0 Å². The highest BCUT2D eigenvalue weighted by Crippen LogP contribution is 2.23. The summed E-state index contributed by atoms with van der Waals surface area (Å²) in [5.74, 6) is -0.348. The highest BCUT2D eigenvalue weighted by molar-refractivity contribution is 7.99. The summed E-state index contributed by atoms with van der Waals surface area (Å²) in [5.41, 5.74) is 1.43. The van der Waals surface area contributed by atoms with Gasteiger partial charge < -0.3 is 4.90 Å². The molecular weight excluding hydrogens is 297 g/mol. The molecule has 0 aliphatic carbocycles. The maximum Gasteiger partial charge on any atom is 0.253 e. The van der Waals surface area contributed by atoms with Crippen LogP contribution in [0.2, 0.25) is 0 Å². The quantitative estimate of drug-likeness (QED) is 0.751. The van der Waals surface area contributed by atoms with E-state index in [1.807, 2.05) is 30.3 Å². The van der Waals surface area contributed by atoms with Crippen molar-refractivity contribution >= 4 is 17.7 Å². The lowest BCUT2D eigenvalue weighted by atomic mass is 10.1. The Labute approximate surface area is 135 Å². The molecule has 2 nitrogen and oxygen atoms in total. The van der Waals surface area contributed by atoms with Gasteiger partial charge in [-0.15, -0.1) is 11.8 Å². The zero-order chi connectivity index (χ0) is 16.1. The minimum absolute atomic E-state index is 0.0645. The monoisotopic (exact) mass is 317 g/mol. The molecule has 0 heterocycles. The maximum absolute atomic E-state index is 13.2. The van der Waals surface area contributed by atoms with E-state index in [-0.39, 0.29) is 11.7 Å². The minimum Gasteiger partial charge on any atom is -0.337 e. The predicted molar refractivity (Wildman–Crippen MR) is 89.6 cm³/mol. The van der Waals surface area contributed by atoms with Gasteiger partial charge in [-0.25, -0.2) is 4.39 Å². The van der Waals surface area contributed by atoms with E-state index in [2.05, 4.69) is 13.8 Å². The fraction of sp³-hybridized carbons (Fsp3) is 0.278. The third kappa shape index (κ3) is 4.60. The van der Waals surface area contributed by atoms with Gasteiger partial charge in [-0.3, -0.25) is 4.79 Å². The Morgan fingerprint density at radius 3 is 2.45 bits per heavy atom. The molecule has 0 N–H and O–H groups in total. The van der Waals surface area contributed by atoms with Crippen molar-refractivity contribution in [1.82, 2.24) is 4.90 Å². The van der Waals surface area contributed by atoms with Gasteiger partial charge in [-0.1, -0.05) is 26.0 Å². The number of carbonyl (C=O) groups excluding carboxylic acids is 1. The van der Waals surface area contributed by atoms with Crippen LogP contribution < -0.4 is 0 Å². The summed E-state index contributed by atoms with van der Waals surface area (Å²) < 4.78 is 13.2. The number of thioether (sulfide) groups is 1. The largest absolute Gasteiger partial charge is 0.337 e. The Hall–Kier alpha value is -1.81. The first-order chi connectivity index (χ1) is 10.5. The van der Waals surface area contributed by atoms with Crippen LogP contribution in [0.3, 0.4) is 0 Å². The third-order valence-electron chi connectivity index (χ3n) is 3.13. The maximum atomic E-state index is 13.2. The second kappa shape index (κ2) is 7.45. The van der Waals surface area contributed by atoms with Gasteiger partial charge in [0.2, 0.25) is 0 Å². The van der Waals surface area contributed by atoms with Crippen molar-refractivity contribution in [2.75, 3.05) is 7.05 Å². The summed E-state index contributed by atoms with van der Waals surface area (Å²) in [6.45, 7) is 4.66. The van der Waals surface area contributed by atoms with E-state index in [0.29, 0.717) is 17.4 Å². The summed E-state index contributed by atoms with van der Waals surface area (Å²) in [6, 6.07) is 13.9. The number of benzene rings is 2. The van der Waals surface area contributed by atoms with Crippen LogP contribution in [0.1, 0.15) is 29.8 Å². The second-order valence-corrected chi connectivity index (χ2v) is 7.13. The van der Waals surface area contributed by atoms with Gasteiger partial charge in [0.1, 0.15) is 5.82 Å². The molecule has 0 saturated heterocycles. The van der Waals surface area contributed by atoms with Crippen molar-refractivity contribution in [2.24, 2.45) is 0 Å². The summed E-state index contributed by atoms with van der Waals surface area (Å²) in [6.07, 6.45) is 0. The molecule has 2 rings (SSSR count). The normalized spacial score (nSPS) is 10.8. The summed E-state index contributed by atoms with van der Waals surface area (Å²) in [7, 11) is 1.73. The number of halogens is 1. The number of carbonyl (C=O) groups is 1. The van der Waals surface area contributed by atoms with E-state index >= 15 is 0 Å². The van der Waals surface area contributed by atoms with E-state index in [0.717, 1.165) is 10.5 Å². The van der Waals surface area contributed by atoms with Gasteiger partial charge in [-0.05, 0) is 42.0 Å². The van der Waals surface area contributed by atoms with Crippen LogP contribution in [-0.4, -0.2) is 23.1 Å². The van der Waals surface area contributed by atoms with Gasteiger partial charge in [0.05, 0.1) is 0 Å². The lowest BCUT2D eigenvalue weighted by molar-refractivity contribution is 0.0785. The molecule has 0 saturated carbocycles. The summed E-state index contributed by atoms with van der Waals surface area (Å²) in [4.78, 5) is 15.1. The highest BCUT2D eigenvalue weighted by atomic mass is 32.2. The smallest absolute Gasteiger partial charge is 0.253 e. The SMILES string of the molecule is CC(C)Sc1ccc(C(=O)N(C)Cc2cccc(F)c2)cc1. The summed E-state index contributed by atoms with van der Waals surface area (Å²) >= 11 is 1.76. The molecule has 116 valence electrons. The van der Waals surface area contributed by atoms with E-state index in [1.165, 1.54) is 12.1 Å². The standard InChI is InChI=1S/C18H20FNOS/c1-13(2)22-17-9-7-15(8-10-17)18(21)20(3)12-14-5-4-6-16(19)11-14/h4-11,13H,12H2,1-3H3. The van der Waals surface area contributed by atoms with Crippen LogP contribution >= 0.6 is 11.8 Å². The molecule has 22 heavy (non-hydrogen) atoms. The van der Waals surface area contributed by atoms with Crippen molar-refractivity contribution in [3.63, 3.8) is 0 Å². The molecule has 0 bridgehead atoms. The van der Waals surface area contributed by atoms with Crippen LogP contribution in [0.4, 0.5) is 4.39 Å². The van der Waals surface area contributed by atoms with Gasteiger partial charge in [0.15, 0.2) is 0 Å². The van der Waals surface area contributed by atoms with Crippen molar-refractivity contribution in [3.8, 4) is 0 Å². The number of amides is 1. The molecule has 0 unspecified atom stereocenters. The molecule has 0 spiro atoms. The molecule has 0 aliphatic rings. The second-order valence-electron chi connectivity index (χ2n) is 5.48. The average molecular weight is 317 g/mol. The number of nitrogens with zero attached hydrogens (tertiary/aromatic N) is 1. The van der Waals surface area contributed by atoms with Gasteiger partial charge in [0.25, 0.3) is 5.91 Å². The lowest BCUT2D eigenvalue weighted by Crippen LogP contribution is -2.26. The van der Waals surface area contributed by atoms with Crippen molar-refractivity contribution in [3.05, 3.63) is 65.5 Å². The third-order valence-corrected chi connectivity index (χ3v) is 4.14. The Morgan fingerprint density at radius 2 is 1.86 bits per heavy atom. The number of rotatable bonds is 5. The fourth-order valence-corrected chi connectivity index (χ4v) is 2.99. The van der Waals surface area contributed by atoms with Crippen LogP contribution in [0, 0.1) is 5.82 Å². The van der Waals surface area contributed by atoms with E-state index in [1.54, 1.807) is 29.8 Å². The van der Waals surface area contributed by atoms with Gasteiger partial charge in [0, 0.05) is 29.3 Å². The predicted octanol–water partition coefficient (Wildman–Crippen LogP) is 4.60. The van der Waals surface area contributed by atoms with Gasteiger partial charge in [-0.2, -0.15) is 0 Å². The lowest BCUT2D eigenvalue weighted by Gasteiger charge is -2.17. The molecule has 1 amide bonds.